The van der Waals surface area contributed by atoms with Crippen molar-refractivity contribution in [1.29, 1.82) is 0 Å². The van der Waals surface area contributed by atoms with Gasteiger partial charge in [0, 0.05) is 11.1 Å². The Morgan fingerprint density at radius 3 is 2.33 bits per heavy atom. The Labute approximate surface area is 102 Å². The Morgan fingerprint density at radius 2 is 1.83 bits per heavy atom. The number of rotatable bonds is 5. The number of carboxylic acids is 2. The summed E-state index contributed by atoms with van der Waals surface area (Å²) in [6.45, 7) is 0. The summed E-state index contributed by atoms with van der Waals surface area (Å²) in [4.78, 5) is 32.1. The number of hydrogen-bond donors (Lipinski definition) is 3. The predicted molar refractivity (Wildman–Crippen MR) is 61.4 cm³/mol. The summed E-state index contributed by atoms with van der Waals surface area (Å²) in [6.07, 6.45) is 0.889. The number of carbonyl (C=O) groups is 3. The van der Waals surface area contributed by atoms with Crippen molar-refractivity contribution < 1.29 is 29.7 Å². The molecule has 0 saturated carbocycles. The zero-order chi connectivity index (χ0) is 13.7. The molecule has 0 aliphatic heterocycles. The third-order valence-corrected chi connectivity index (χ3v) is 2.14. The quantitative estimate of drug-likeness (QED) is 0.533. The molecular formula is C12H10O6. The summed E-state index contributed by atoms with van der Waals surface area (Å²) in [5.41, 5.74) is -0.0307. The van der Waals surface area contributed by atoms with Crippen LogP contribution in [0.15, 0.2) is 23.8 Å². The lowest BCUT2D eigenvalue weighted by Gasteiger charge is -2.03. The van der Waals surface area contributed by atoms with E-state index in [1.165, 1.54) is 18.2 Å². The zero-order valence-electron chi connectivity index (χ0n) is 9.16. The van der Waals surface area contributed by atoms with Crippen molar-refractivity contribution in [1.82, 2.24) is 0 Å². The van der Waals surface area contributed by atoms with Crippen molar-refractivity contribution >= 4 is 24.3 Å². The zero-order valence-corrected chi connectivity index (χ0v) is 9.16. The number of aromatic hydroxyl groups is 1. The van der Waals surface area contributed by atoms with Crippen molar-refractivity contribution in [2.45, 2.75) is 6.42 Å². The van der Waals surface area contributed by atoms with Gasteiger partial charge in [-0.15, -0.1) is 0 Å². The van der Waals surface area contributed by atoms with Crippen LogP contribution in [0, 0.1) is 0 Å². The number of phenolic OH excluding ortho intramolecular Hbond substituents is 1. The fourth-order valence-corrected chi connectivity index (χ4v) is 1.33. The van der Waals surface area contributed by atoms with E-state index < -0.39 is 18.4 Å². The van der Waals surface area contributed by atoms with Gasteiger partial charge in [0.1, 0.15) is 5.75 Å². The molecule has 0 aromatic heterocycles. The highest BCUT2D eigenvalue weighted by atomic mass is 16.4. The molecule has 6 heteroatoms. The molecule has 3 N–H and O–H groups in total. The lowest BCUT2D eigenvalue weighted by atomic mass is 10.0. The fourth-order valence-electron chi connectivity index (χ4n) is 1.33. The average Bonchev–Trinajstić information content (AvgIpc) is 2.29. The maximum atomic E-state index is 10.8. The molecule has 1 aromatic rings. The van der Waals surface area contributed by atoms with Crippen LogP contribution in [0.25, 0.3) is 6.08 Å². The topological polar surface area (TPSA) is 112 Å². The molecule has 0 radical (unpaired) electrons. The van der Waals surface area contributed by atoms with Crippen molar-refractivity contribution in [3.05, 3.63) is 34.9 Å². The van der Waals surface area contributed by atoms with Crippen LogP contribution < -0.4 is 0 Å². The minimum atomic E-state index is -1.37. The number of phenols is 1. The molecular weight excluding hydrogens is 240 g/mol. The minimum Gasteiger partial charge on any atom is -0.508 e. The van der Waals surface area contributed by atoms with Crippen molar-refractivity contribution in [2.75, 3.05) is 0 Å². The first kappa shape index (κ1) is 13.4. The van der Waals surface area contributed by atoms with Gasteiger partial charge in [0.2, 0.25) is 0 Å². The van der Waals surface area contributed by atoms with Crippen LogP contribution >= 0.6 is 0 Å². The number of carboxylic acid groups (broad SMARTS) is 2. The highest BCUT2D eigenvalue weighted by Gasteiger charge is 2.13. The third kappa shape index (κ3) is 3.44. The van der Waals surface area contributed by atoms with E-state index in [0.29, 0.717) is 6.29 Å². The van der Waals surface area contributed by atoms with Gasteiger partial charge in [-0.25, -0.2) is 4.79 Å². The fraction of sp³-hybridized carbons (Fsp3) is 0.0833. The van der Waals surface area contributed by atoms with Crippen molar-refractivity contribution in [3.63, 3.8) is 0 Å². The van der Waals surface area contributed by atoms with Crippen LogP contribution in [0.2, 0.25) is 0 Å². The molecule has 0 aliphatic rings. The first-order valence-electron chi connectivity index (χ1n) is 4.88. The number of carbonyl (C=O) groups excluding carboxylic acids is 1. The molecule has 0 amide bonds. The van der Waals surface area contributed by atoms with Crippen LogP contribution in [0.1, 0.15) is 22.3 Å². The molecule has 0 atom stereocenters. The van der Waals surface area contributed by atoms with E-state index in [2.05, 4.69) is 0 Å². The highest BCUT2D eigenvalue weighted by molar-refractivity contribution is 5.98. The lowest BCUT2D eigenvalue weighted by molar-refractivity contribution is -0.139. The van der Waals surface area contributed by atoms with E-state index in [1.54, 1.807) is 0 Å². The van der Waals surface area contributed by atoms with Gasteiger partial charge >= 0.3 is 11.9 Å². The third-order valence-electron chi connectivity index (χ3n) is 2.14. The molecule has 18 heavy (non-hydrogen) atoms. The SMILES string of the molecule is O=Cc1cc(O)ccc1/C=C(\CC(=O)O)C(=O)O. The lowest BCUT2D eigenvalue weighted by Crippen LogP contribution is -2.06. The largest absolute Gasteiger partial charge is 0.508 e. The Morgan fingerprint density at radius 1 is 1.17 bits per heavy atom. The van der Waals surface area contributed by atoms with E-state index in [1.807, 2.05) is 0 Å². The van der Waals surface area contributed by atoms with E-state index in [4.69, 9.17) is 15.3 Å². The number of aliphatic carboxylic acids is 2. The van der Waals surface area contributed by atoms with Crippen LogP contribution in [0.5, 0.6) is 5.75 Å². The first-order valence-corrected chi connectivity index (χ1v) is 4.88. The van der Waals surface area contributed by atoms with E-state index >= 15 is 0 Å². The van der Waals surface area contributed by atoms with Gasteiger partial charge in [-0.1, -0.05) is 6.07 Å². The van der Waals surface area contributed by atoms with Crippen molar-refractivity contribution in [3.8, 4) is 5.75 Å². The molecule has 6 nitrogen and oxygen atoms in total. The highest BCUT2D eigenvalue weighted by Crippen LogP contribution is 2.19. The molecule has 1 aromatic carbocycles. The Balaban J connectivity index is 3.23. The molecule has 0 heterocycles. The van der Waals surface area contributed by atoms with E-state index in [0.717, 1.165) is 6.08 Å². The monoisotopic (exact) mass is 250 g/mol. The Kier molecular flexibility index (Phi) is 4.20. The van der Waals surface area contributed by atoms with Gasteiger partial charge in [0.25, 0.3) is 0 Å². The van der Waals surface area contributed by atoms with E-state index in [-0.39, 0.29) is 22.4 Å². The molecule has 0 aliphatic carbocycles. The normalized spacial score (nSPS) is 11.0. The van der Waals surface area contributed by atoms with Crippen molar-refractivity contribution in [2.24, 2.45) is 0 Å². The minimum absolute atomic E-state index is 0.0825. The number of benzene rings is 1. The number of aldehydes is 1. The summed E-state index contributed by atoms with van der Waals surface area (Å²) in [5.74, 6) is -2.79. The standard InChI is InChI=1S/C12H10O6/c13-6-9-4-10(14)2-1-7(9)3-8(12(17)18)5-11(15)16/h1-4,6,14H,5H2,(H,15,16)(H,17,18)/b8-3+. The summed E-state index contributed by atoms with van der Waals surface area (Å²) in [6, 6.07) is 3.78. The molecule has 0 fully saturated rings. The van der Waals surface area contributed by atoms with Gasteiger partial charge < -0.3 is 15.3 Å². The molecule has 0 spiro atoms. The Hall–Kier alpha value is -2.63. The van der Waals surface area contributed by atoms with Gasteiger partial charge in [-0.05, 0) is 23.8 Å². The summed E-state index contributed by atoms with van der Waals surface area (Å²) in [5, 5.41) is 26.6. The van der Waals surface area contributed by atoms with Gasteiger partial charge in [-0.3, -0.25) is 9.59 Å². The number of hydrogen-bond acceptors (Lipinski definition) is 4. The second-order valence-corrected chi connectivity index (χ2v) is 3.48. The van der Waals surface area contributed by atoms with Gasteiger partial charge in [0.05, 0.1) is 6.42 Å². The second-order valence-electron chi connectivity index (χ2n) is 3.48. The molecule has 0 bridgehead atoms. The first-order chi connectivity index (χ1) is 8.43. The molecule has 94 valence electrons. The predicted octanol–water partition coefficient (Wildman–Crippen LogP) is 1.15. The smallest absolute Gasteiger partial charge is 0.332 e. The van der Waals surface area contributed by atoms with Gasteiger partial charge in [-0.2, -0.15) is 0 Å². The summed E-state index contributed by atoms with van der Waals surface area (Å²) >= 11 is 0. The molecule has 0 unspecified atom stereocenters. The maximum absolute atomic E-state index is 10.8. The summed E-state index contributed by atoms with van der Waals surface area (Å²) in [7, 11) is 0. The second kappa shape index (κ2) is 5.62. The maximum Gasteiger partial charge on any atom is 0.332 e. The Bertz CT molecular complexity index is 529. The summed E-state index contributed by atoms with van der Waals surface area (Å²) < 4.78 is 0. The molecule has 1 rings (SSSR count). The van der Waals surface area contributed by atoms with Crippen LogP contribution in [-0.4, -0.2) is 33.5 Å². The van der Waals surface area contributed by atoms with Crippen LogP contribution in [0.4, 0.5) is 0 Å². The van der Waals surface area contributed by atoms with E-state index in [9.17, 15) is 14.4 Å². The van der Waals surface area contributed by atoms with Crippen LogP contribution in [-0.2, 0) is 9.59 Å². The van der Waals surface area contributed by atoms with Crippen LogP contribution in [0.3, 0.4) is 0 Å². The van der Waals surface area contributed by atoms with Gasteiger partial charge in [0.15, 0.2) is 6.29 Å². The molecule has 0 saturated heterocycles. The average molecular weight is 250 g/mol.